The third kappa shape index (κ3) is 4.08. The number of amides is 1. The van der Waals surface area contributed by atoms with Crippen LogP contribution < -0.4 is 5.32 Å². The molecule has 0 radical (unpaired) electrons. The van der Waals surface area contributed by atoms with Crippen LogP contribution in [0.2, 0.25) is 0 Å². The Balaban J connectivity index is 2.16. The van der Waals surface area contributed by atoms with Gasteiger partial charge in [0.05, 0.1) is 4.90 Å². The van der Waals surface area contributed by atoms with E-state index in [0.717, 1.165) is 19.3 Å². The Bertz CT molecular complexity index is 624. The molecule has 2 rings (SSSR count). The van der Waals surface area contributed by atoms with E-state index >= 15 is 0 Å². The normalized spacial score (nSPS) is 17.2. The fourth-order valence-electron chi connectivity index (χ4n) is 2.45. The Morgan fingerprint density at radius 3 is 2.09 bits per heavy atom. The van der Waals surface area contributed by atoms with Crippen molar-refractivity contribution < 1.29 is 13.2 Å². The second kappa shape index (κ2) is 6.38. The molecule has 6 heteroatoms. The minimum absolute atomic E-state index is 0.200. The molecule has 1 saturated heterocycles. The van der Waals surface area contributed by atoms with Gasteiger partial charge in [-0.05, 0) is 57.9 Å². The monoisotopic (exact) mass is 324 g/mol. The maximum Gasteiger partial charge on any atom is 0.251 e. The van der Waals surface area contributed by atoms with Crippen molar-refractivity contribution in [2.75, 3.05) is 13.1 Å². The lowest BCUT2D eigenvalue weighted by atomic mass is 10.1. The van der Waals surface area contributed by atoms with Crippen LogP contribution in [0, 0.1) is 0 Å². The van der Waals surface area contributed by atoms with Gasteiger partial charge in [0.2, 0.25) is 10.0 Å². The minimum atomic E-state index is -3.44. The number of benzene rings is 1. The van der Waals surface area contributed by atoms with Gasteiger partial charge in [-0.2, -0.15) is 4.31 Å². The third-order valence-electron chi connectivity index (χ3n) is 3.56. The van der Waals surface area contributed by atoms with E-state index in [9.17, 15) is 13.2 Å². The molecule has 1 fully saturated rings. The van der Waals surface area contributed by atoms with Gasteiger partial charge in [-0.15, -0.1) is 0 Å². The first kappa shape index (κ1) is 17.0. The topological polar surface area (TPSA) is 66.5 Å². The smallest absolute Gasteiger partial charge is 0.251 e. The molecule has 22 heavy (non-hydrogen) atoms. The Labute approximate surface area is 132 Å². The van der Waals surface area contributed by atoms with Crippen molar-refractivity contribution in [1.82, 2.24) is 9.62 Å². The fourth-order valence-corrected chi connectivity index (χ4v) is 3.96. The van der Waals surface area contributed by atoms with Gasteiger partial charge in [-0.3, -0.25) is 4.79 Å². The van der Waals surface area contributed by atoms with Crippen molar-refractivity contribution in [2.45, 2.75) is 50.5 Å². The maximum absolute atomic E-state index is 12.5. The van der Waals surface area contributed by atoms with Crippen LogP contribution in [0.3, 0.4) is 0 Å². The minimum Gasteiger partial charge on any atom is -0.347 e. The van der Waals surface area contributed by atoms with Crippen molar-refractivity contribution in [3.05, 3.63) is 29.8 Å². The van der Waals surface area contributed by atoms with E-state index in [2.05, 4.69) is 5.32 Å². The number of hydrogen-bond donors (Lipinski definition) is 1. The molecular formula is C16H24N2O3S. The summed E-state index contributed by atoms with van der Waals surface area (Å²) in [6.45, 7) is 6.86. The van der Waals surface area contributed by atoms with Crippen molar-refractivity contribution >= 4 is 15.9 Å². The summed E-state index contributed by atoms with van der Waals surface area (Å²) in [4.78, 5) is 12.3. The molecule has 0 spiro atoms. The molecule has 1 aliphatic heterocycles. The number of carbonyl (C=O) groups excluding carboxylic acids is 1. The first-order valence-electron chi connectivity index (χ1n) is 7.63. The summed E-state index contributed by atoms with van der Waals surface area (Å²) < 4.78 is 26.6. The van der Waals surface area contributed by atoms with Crippen molar-refractivity contribution in [1.29, 1.82) is 0 Å². The van der Waals surface area contributed by atoms with Gasteiger partial charge in [0.25, 0.3) is 5.91 Å². The molecule has 1 heterocycles. The summed E-state index contributed by atoms with van der Waals surface area (Å²) in [6, 6.07) is 6.17. The van der Waals surface area contributed by atoms with E-state index in [1.54, 1.807) is 12.1 Å². The fraction of sp³-hybridized carbons (Fsp3) is 0.562. The molecule has 0 aliphatic carbocycles. The highest BCUT2D eigenvalue weighted by atomic mass is 32.2. The van der Waals surface area contributed by atoms with Crippen molar-refractivity contribution in [2.24, 2.45) is 0 Å². The predicted molar refractivity (Wildman–Crippen MR) is 86.3 cm³/mol. The number of nitrogens with zero attached hydrogens (tertiary/aromatic N) is 1. The van der Waals surface area contributed by atoms with Gasteiger partial charge in [0.15, 0.2) is 0 Å². The molecule has 1 aliphatic rings. The van der Waals surface area contributed by atoms with Crippen LogP contribution in [0.15, 0.2) is 29.2 Å². The van der Waals surface area contributed by atoms with Crippen LogP contribution in [-0.4, -0.2) is 37.3 Å². The average molecular weight is 324 g/mol. The number of piperidine rings is 1. The van der Waals surface area contributed by atoms with Gasteiger partial charge in [0, 0.05) is 24.2 Å². The molecule has 122 valence electrons. The third-order valence-corrected chi connectivity index (χ3v) is 5.47. The van der Waals surface area contributed by atoms with Gasteiger partial charge in [0.1, 0.15) is 0 Å². The molecule has 0 bridgehead atoms. The quantitative estimate of drug-likeness (QED) is 0.928. The second-order valence-corrected chi connectivity index (χ2v) is 8.63. The molecular weight excluding hydrogens is 300 g/mol. The van der Waals surface area contributed by atoms with Crippen LogP contribution in [0.1, 0.15) is 50.4 Å². The zero-order chi connectivity index (χ0) is 16.4. The number of carbonyl (C=O) groups is 1. The number of rotatable bonds is 3. The van der Waals surface area contributed by atoms with Crippen LogP contribution >= 0.6 is 0 Å². The first-order chi connectivity index (χ1) is 10.2. The van der Waals surface area contributed by atoms with E-state index in [-0.39, 0.29) is 16.3 Å². The lowest BCUT2D eigenvalue weighted by Gasteiger charge is -2.26. The number of sulfonamides is 1. The summed E-state index contributed by atoms with van der Waals surface area (Å²) in [7, 11) is -3.44. The van der Waals surface area contributed by atoms with Gasteiger partial charge < -0.3 is 5.32 Å². The Morgan fingerprint density at radius 1 is 1.05 bits per heavy atom. The van der Waals surface area contributed by atoms with E-state index in [0.29, 0.717) is 18.7 Å². The van der Waals surface area contributed by atoms with Gasteiger partial charge >= 0.3 is 0 Å². The molecule has 1 N–H and O–H groups in total. The largest absolute Gasteiger partial charge is 0.347 e. The molecule has 0 unspecified atom stereocenters. The Kier molecular flexibility index (Phi) is 4.92. The maximum atomic E-state index is 12.5. The lowest BCUT2D eigenvalue weighted by molar-refractivity contribution is 0.0919. The number of hydrogen-bond acceptors (Lipinski definition) is 3. The highest BCUT2D eigenvalue weighted by Gasteiger charge is 2.26. The SMILES string of the molecule is CC(C)(C)NC(=O)c1ccc(S(=O)(=O)N2CCCCC2)cc1. The molecule has 1 aromatic rings. The summed E-state index contributed by atoms with van der Waals surface area (Å²) in [5.74, 6) is -0.200. The van der Waals surface area contributed by atoms with Crippen LogP contribution in [0.4, 0.5) is 0 Å². The van der Waals surface area contributed by atoms with Gasteiger partial charge in [-0.25, -0.2) is 8.42 Å². The summed E-state index contributed by atoms with van der Waals surface area (Å²) in [5.41, 5.74) is 0.142. The van der Waals surface area contributed by atoms with E-state index in [1.165, 1.54) is 16.4 Å². The molecule has 0 aromatic heterocycles. The van der Waals surface area contributed by atoms with Crippen molar-refractivity contribution in [3.8, 4) is 0 Å². The summed E-state index contributed by atoms with van der Waals surface area (Å²) >= 11 is 0. The standard InChI is InChI=1S/C16H24N2O3S/c1-16(2,3)17-15(19)13-7-9-14(10-8-13)22(20,21)18-11-5-4-6-12-18/h7-10H,4-6,11-12H2,1-3H3,(H,17,19). The van der Waals surface area contributed by atoms with Crippen molar-refractivity contribution in [3.63, 3.8) is 0 Å². The predicted octanol–water partition coefficient (Wildman–Crippen LogP) is 2.39. The highest BCUT2D eigenvalue weighted by molar-refractivity contribution is 7.89. The summed E-state index contributed by atoms with van der Waals surface area (Å²) in [5, 5.41) is 2.86. The van der Waals surface area contributed by atoms with E-state index in [4.69, 9.17) is 0 Å². The Morgan fingerprint density at radius 2 is 1.59 bits per heavy atom. The van der Waals surface area contributed by atoms with Crippen LogP contribution in [0.25, 0.3) is 0 Å². The summed E-state index contributed by atoms with van der Waals surface area (Å²) in [6.07, 6.45) is 2.90. The zero-order valence-electron chi connectivity index (χ0n) is 13.4. The zero-order valence-corrected chi connectivity index (χ0v) is 14.2. The molecule has 0 saturated carbocycles. The van der Waals surface area contributed by atoms with Crippen LogP contribution in [0.5, 0.6) is 0 Å². The molecule has 0 atom stereocenters. The molecule has 1 amide bonds. The Hall–Kier alpha value is -1.40. The lowest BCUT2D eigenvalue weighted by Crippen LogP contribution is -2.40. The average Bonchev–Trinajstić information content (AvgIpc) is 2.46. The number of nitrogens with one attached hydrogen (secondary N) is 1. The highest BCUT2D eigenvalue weighted by Crippen LogP contribution is 2.21. The first-order valence-corrected chi connectivity index (χ1v) is 9.07. The van der Waals surface area contributed by atoms with Crippen LogP contribution in [-0.2, 0) is 10.0 Å². The van der Waals surface area contributed by atoms with Gasteiger partial charge in [-0.1, -0.05) is 6.42 Å². The van der Waals surface area contributed by atoms with E-state index in [1.807, 2.05) is 20.8 Å². The molecule has 5 nitrogen and oxygen atoms in total. The molecule has 1 aromatic carbocycles. The van der Waals surface area contributed by atoms with E-state index < -0.39 is 10.0 Å². The second-order valence-electron chi connectivity index (χ2n) is 6.69.